The van der Waals surface area contributed by atoms with E-state index >= 15 is 0 Å². The average molecular weight is 771 g/mol. The molecule has 4 aliphatic rings. The quantitative estimate of drug-likeness (QED) is 0.0786. The molecule has 2 heterocycles. The van der Waals surface area contributed by atoms with Gasteiger partial charge in [0, 0.05) is 73.9 Å². The number of likely N-dealkylation sites (tertiary alicyclic amines) is 2. The molecular weight excluding hydrogens is 709 g/mol. The van der Waals surface area contributed by atoms with Crippen LogP contribution in [0.5, 0.6) is 0 Å². The van der Waals surface area contributed by atoms with Crippen molar-refractivity contribution in [3.8, 4) is 0 Å². The minimum atomic E-state index is -0.146. The highest BCUT2D eigenvalue weighted by atomic mass is 16.2. The predicted octanol–water partition coefficient (Wildman–Crippen LogP) is 8.79. The van der Waals surface area contributed by atoms with Crippen LogP contribution in [0.3, 0.4) is 0 Å². The zero-order valence-corrected chi connectivity index (χ0v) is 33.4. The molecule has 8 N–H and O–H groups in total. The molecule has 2 saturated heterocycles. The number of rotatable bonds is 12. The summed E-state index contributed by atoms with van der Waals surface area (Å²) < 4.78 is 0. The lowest BCUT2D eigenvalue weighted by Crippen LogP contribution is -2.41. The van der Waals surface area contributed by atoms with Crippen molar-refractivity contribution in [3.05, 3.63) is 108 Å². The molecular formula is C47H62N8O2. The summed E-state index contributed by atoms with van der Waals surface area (Å²) in [4.78, 5) is 30.2. The molecule has 4 fully saturated rings. The van der Waals surface area contributed by atoms with Gasteiger partial charge >= 0.3 is 0 Å². The fourth-order valence-electron chi connectivity index (χ4n) is 8.44. The Kier molecular flexibility index (Phi) is 14.0. The fraction of sp³-hybridized carbons (Fsp3) is 0.447. The maximum atomic E-state index is 12.5. The highest BCUT2D eigenvalue weighted by molar-refractivity contribution is 6.06. The van der Waals surface area contributed by atoms with Crippen molar-refractivity contribution in [2.75, 3.05) is 72.0 Å². The van der Waals surface area contributed by atoms with Crippen LogP contribution in [0, 0.1) is 11.8 Å². The first-order valence-corrected chi connectivity index (χ1v) is 21.3. The number of para-hydroxylation sites is 4. The van der Waals surface area contributed by atoms with Crippen molar-refractivity contribution in [3.63, 3.8) is 0 Å². The van der Waals surface area contributed by atoms with Gasteiger partial charge in [-0.1, -0.05) is 43.5 Å². The summed E-state index contributed by atoms with van der Waals surface area (Å²) >= 11 is 0. The Labute approximate surface area is 339 Å². The molecule has 10 nitrogen and oxygen atoms in total. The number of benzene rings is 4. The van der Waals surface area contributed by atoms with Crippen molar-refractivity contribution in [1.29, 1.82) is 0 Å². The van der Waals surface area contributed by atoms with Crippen LogP contribution in [0.2, 0.25) is 0 Å². The summed E-state index contributed by atoms with van der Waals surface area (Å²) in [7, 11) is 0. The number of nitrogens with zero attached hydrogens (tertiary/aromatic N) is 2. The van der Waals surface area contributed by atoms with Crippen LogP contribution in [0.25, 0.3) is 0 Å². The van der Waals surface area contributed by atoms with E-state index in [9.17, 15) is 9.59 Å². The number of nitrogens with one attached hydrogen (secondary N) is 4. The first-order chi connectivity index (χ1) is 27.8. The van der Waals surface area contributed by atoms with Crippen LogP contribution < -0.4 is 32.7 Å². The van der Waals surface area contributed by atoms with Gasteiger partial charge in [-0.2, -0.15) is 0 Å². The molecule has 2 aliphatic carbocycles. The minimum absolute atomic E-state index is 0.143. The lowest BCUT2D eigenvalue weighted by atomic mass is 9.88. The molecule has 0 radical (unpaired) electrons. The van der Waals surface area contributed by atoms with E-state index in [0.717, 1.165) is 23.2 Å². The van der Waals surface area contributed by atoms with Gasteiger partial charge in [-0.3, -0.25) is 9.59 Å². The van der Waals surface area contributed by atoms with Crippen LogP contribution in [0.15, 0.2) is 97.1 Å². The summed E-state index contributed by atoms with van der Waals surface area (Å²) in [6, 6.07) is 31.0. The van der Waals surface area contributed by atoms with E-state index in [1.54, 1.807) is 18.2 Å². The van der Waals surface area contributed by atoms with Gasteiger partial charge in [-0.05, 0) is 136 Å². The predicted molar refractivity (Wildman–Crippen MR) is 236 cm³/mol. The van der Waals surface area contributed by atoms with E-state index in [1.165, 1.54) is 110 Å². The molecule has 2 amide bonds. The molecule has 0 aromatic heterocycles. The van der Waals surface area contributed by atoms with Crippen LogP contribution in [0.1, 0.15) is 91.3 Å². The van der Waals surface area contributed by atoms with Gasteiger partial charge in [0.15, 0.2) is 0 Å². The van der Waals surface area contributed by atoms with Crippen molar-refractivity contribution < 1.29 is 9.59 Å². The molecule has 302 valence electrons. The van der Waals surface area contributed by atoms with E-state index in [4.69, 9.17) is 11.5 Å². The van der Waals surface area contributed by atoms with Gasteiger partial charge in [0.2, 0.25) is 0 Å². The minimum Gasteiger partial charge on any atom is -0.397 e. The number of carbonyl (C=O) groups excluding carboxylic acids is 2. The Hall–Kier alpha value is -5.06. The molecule has 8 rings (SSSR count). The van der Waals surface area contributed by atoms with Gasteiger partial charge in [0.25, 0.3) is 11.8 Å². The van der Waals surface area contributed by atoms with Crippen molar-refractivity contribution in [1.82, 2.24) is 9.80 Å². The third kappa shape index (κ3) is 12.2. The second kappa shape index (κ2) is 19.9. The topological polar surface area (TPSA) is 141 Å². The molecule has 4 aromatic carbocycles. The number of nitrogens with two attached hydrogens (primary N) is 2. The number of piperidine rings is 2. The zero-order chi connectivity index (χ0) is 39.4. The Morgan fingerprint density at radius 3 is 1.26 bits per heavy atom. The molecule has 0 bridgehead atoms. The van der Waals surface area contributed by atoms with E-state index < -0.39 is 0 Å². The lowest BCUT2D eigenvalue weighted by molar-refractivity contribution is 0.101. The highest BCUT2D eigenvalue weighted by Crippen LogP contribution is 2.31. The van der Waals surface area contributed by atoms with E-state index in [2.05, 4.69) is 31.1 Å². The number of hydrogen-bond donors (Lipinski definition) is 6. The smallest absolute Gasteiger partial charge is 0.255 e. The lowest BCUT2D eigenvalue weighted by Gasteiger charge is -2.36. The van der Waals surface area contributed by atoms with Crippen LogP contribution >= 0.6 is 0 Å². The molecule has 57 heavy (non-hydrogen) atoms. The van der Waals surface area contributed by atoms with Gasteiger partial charge in [0.05, 0.1) is 22.7 Å². The summed E-state index contributed by atoms with van der Waals surface area (Å²) in [6.07, 6.45) is 14.7. The summed E-state index contributed by atoms with van der Waals surface area (Å²) in [5.41, 5.74) is 17.6. The largest absolute Gasteiger partial charge is 0.397 e. The summed E-state index contributed by atoms with van der Waals surface area (Å²) in [5.74, 6) is 1.61. The van der Waals surface area contributed by atoms with Crippen LogP contribution in [0.4, 0.5) is 34.1 Å². The number of nitrogen functional groups attached to an aromatic ring is 2. The third-order valence-corrected chi connectivity index (χ3v) is 12.1. The molecule has 0 unspecified atom stereocenters. The number of carbonyl (C=O) groups is 2. The Morgan fingerprint density at radius 1 is 0.491 bits per heavy atom. The normalized spacial score (nSPS) is 18.5. The second-order valence-electron chi connectivity index (χ2n) is 16.6. The zero-order valence-electron chi connectivity index (χ0n) is 33.4. The average Bonchev–Trinajstić information content (AvgIpc) is 4.06. The van der Waals surface area contributed by atoms with E-state index in [1.807, 2.05) is 78.9 Å². The number of amides is 2. The van der Waals surface area contributed by atoms with Gasteiger partial charge in [-0.25, -0.2) is 0 Å². The molecule has 0 spiro atoms. The van der Waals surface area contributed by atoms with Crippen molar-refractivity contribution in [2.24, 2.45) is 11.8 Å². The molecule has 2 aliphatic heterocycles. The fourth-order valence-corrected chi connectivity index (χ4v) is 8.44. The van der Waals surface area contributed by atoms with Crippen LogP contribution in [-0.2, 0) is 0 Å². The first-order valence-electron chi connectivity index (χ1n) is 21.3. The van der Waals surface area contributed by atoms with E-state index in [0.29, 0.717) is 46.0 Å². The monoisotopic (exact) mass is 770 g/mol. The highest BCUT2D eigenvalue weighted by Gasteiger charge is 2.27. The maximum absolute atomic E-state index is 12.5. The van der Waals surface area contributed by atoms with Gasteiger partial charge in [0.1, 0.15) is 0 Å². The second-order valence-corrected chi connectivity index (χ2v) is 16.6. The Balaban J connectivity index is 0.000000175. The van der Waals surface area contributed by atoms with Crippen molar-refractivity contribution >= 4 is 45.9 Å². The Morgan fingerprint density at radius 2 is 0.877 bits per heavy atom. The Bertz CT molecular complexity index is 1870. The van der Waals surface area contributed by atoms with Crippen LogP contribution in [-0.4, -0.2) is 73.0 Å². The van der Waals surface area contributed by atoms with Gasteiger partial charge < -0.3 is 42.5 Å². The van der Waals surface area contributed by atoms with Gasteiger partial charge in [-0.15, -0.1) is 0 Å². The maximum Gasteiger partial charge on any atom is 0.255 e. The third-order valence-electron chi connectivity index (χ3n) is 12.1. The molecule has 2 saturated carbocycles. The summed E-state index contributed by atoms with van der Waals surface area (Å²) in [5, 5.41) is 13.0. The van der Waals surface area contributed by atoms with Crippen molar-refractivity contribution in [2.45, 2.75) is 82.7 Å². The summed E-state index contributed by atoms with van der Waals surface area (Å²) in [6.45, 7) is 7.34. The molecule has 10 heteroatoms. The molecule has 4 aromatic rings. The standard InChI is InChI=1S/C25H34N4O.C22H28N4O/c26-23-8-4-5-9-24(23)28-25(30)20-10-12-21(13-11-20)27-22-14-16-29(17-15-22)18-19-6-2-1-3-7-19;23-20-3-1-2-4-21(20)25-22(27)17-7-9-18(10-8-17)24-19-11-13-26(14-12-19)15-16-5-6-16/h4-5,8-13,19,22,27H,1-3,6-7,14-18,26H2,(H,28,30);1-4,7-10,16,19,24H,5-6,11-15,23H2,(H,25,27). The van der Waals surface area contributed by atoms with E-state index in [-0.39, 0.29) is 11.8 Å². The number of anilines is 6. The SMILES string of the molecule is Nc1ccccc1NC(=O)c1ccc(NC2CCN(CC3CC3)CC2)cc1.Nc1ccccc1NC(=O)c1ccc(NC2CCN(CC3CCCCC3)CC2)cc1. The first kappa shape index (κ1) is 40.1. The number of hydrogen-bond acceptors (Lipinski definition) is 8. The molecule has 0 atom stereocenters.